The van der Waals surface area contributed by atoms with Crippen LogP contribution in [0, 0.1) is 25.6 Å². The smallest absolute Gasteiger partial charge is 0.358 e. The van der Waals surface area contributed by atoms with Crippen molar-refractivity contribution >= 4 is 45.5 Å². The Hall–Kier alpha value is -4.04. The largest absolute Gasteiger partial charge is 2.00 e. The number of rotatable bonds is 3. The molecular weight excluding hydrogens is 781 g/mol. The molecule has 0 aliphatic heterocycles. The zero-order valence-corrected chi connectivity index (χ0v) is 32.6. The Morgan fingerprint density at radius 3 is 1.13 bits per heavy atom. The van der Waals surface area contributed by atoms with Gasteiger partial charge in [0, 0.05) is 18.5 Å². The van der Waals surface area contributed by atoms with E-state index in [1.165, 1.54) is 18.2 Å². The topological polar surface area (TPSA) is 29.7 Å². The van der Waals surface area contributed by atoms with Gasteiger partial charge < -0.3 is 17.4 Å². The summed E-state index contributed by atoms with van der Waals surface area (Å²) in [5, 5.41) is 0. The number of nitrogens with zero attached hydrogens (tertiary/aromatic N) is 3. The third-order valence-corrected chi connectivity index (χ3v) is 6.63. The van der Waals surface area contributed by atoms with Crippen molar-refractivity contribution in [3.8, 4) is 33.8 Å². The van der Waals surface area contributed by atoms with Gasteiger partial charge in [-0.1, -0.05) is 49.7 Å². The third kappa shape index (κ3) is 14.7. The van der Waals surface area contributed by atoms with Crippen LogP contribution in [-0.2, 0) is 25.6 Å². The fourth-order valence-electron chi connectivity index (χ4n) is 4.13. The zero-order valence-electron chi connectivity index (χ0n) is 29.1. The van der Waals surface area contributed by atoms with Crippen LogP contribution in [0.15, 0.2) is 128 Å². The number of hydrogen-bond acceptors (Lipinski definition) is 2. The summed E-state index contributed by atoms with van der Waals surface area (Å²) in [4.78, 5) is 8.06. The van der Waals surface area contributed by atoms with Gasteiger partial charge in [-0.15, -0.1) is 83.9 Å². The van der Waals surface area contributed by atoms with Gasteiger partial charge >= 0.3 is 64.0 Å². The van der Waals surface area contributed by atoms with Crippen molar-refractivity contribution < 1.29 is 44.1 Å². The quantitative estimate of drug-likeness (QED) is 0.0771. The summed E-state index contributed by atoms with van der Waals surface area (Å²) in [5.74, 6) is 0. The second-order valence-corrected chi connectivity index (χ2v) is 10.1. The van der Waals surface area contributed by atoms with E-state index in [1.54, 1.807) is 48.8 Å². The van der Waals surface area contributed by atoms with Gasteiger partial charge in [-0.3, -0.25) is 0 Å². The Kier molecular flexibility index (Phi) is 19.2. The molecule has 6 rings (SSSR count). The van der Waals surface area contributed by atoms with Gasteiger partial charge in [0.05, 0.1) is 0 Å². The van der Waals surface area contributed by atoms with Crippen molar-refractivity contribution in [3.05, 3.63) is 170 Å². The fraction of sp³-hybridized carbons (Fsp3) is 0.150. The first kappa shape index (κ1) is 47.0. The van der Waals surface area contributed by atoms with Crippen molar-refractivity contribution in [1.29, 1.82) is 0 Å². The molecule has 0 aliphatic rings. The molecule has 0 saturated carbocycles. The SMILES string of the molecule is CC.C[n+]1ccccc1-c1[c-]cc(C(F)(F)F)cc1.FC(F)(F)c1c[c-]c(-c2ccccn2)cc1.FC(F)(F)c1c[c-]c(-c2ccccn2)cc1.[CH3-].[Sr+2]. The molecule has 0 amide bonds. The first-order valence-corrected chi connectivity index (χ1v) is 15.2. The predicted molar refractivity (Wildman–Crippen MR) is 187 cm³/mol. The van der Waals surface area contributed by atoms with E-state index in [0.717, 1.165) is 42.1 Å². The summed E-state index contributed by atoms with van der Waals surface area (Å²) in [7, 11) is 1.83. The Labute approximate surface area is 340 Å². The maximum atomic E-state index is 12.4. The molecule has 3 aromatic carbocycles. The average Bonchev–Trinajstić information content (AvgIpc) is 3.13. The molecule has 0 atom stereocenters. The van der Waals surface area contributed by atoms with Crippen LogP contribution in [0.2, 0.25) is 0 Å². The molecule has 0 aliphatic carbocycles. The van der Waals surface area contributed by atoms with E-state index in [0.29, 0.717) is 28.1 Å². The van der Waals surface area contributed by atoms with Crippen LogP contribution in [0.1, 0.15) is 30.5 Å². The molecule has 6 aromatic rings. The second-order valence-electron chi connectivity index (χ2n) is 10.1. The van der Waals surface area contributed by atoms with Gasteiger partial charge in [0.1, 0.15) is 12.7 Å². The number of hydrogen-bond donors (Lipinski definition) is 0. The van der Waals surface area contributed by atoms with Crippen molar-refractivity contribution in [3.63, 3.8) is 0 Å². The van der Waals surface area contributed by atoms with Crippen molar-refractivity contribution in [1.82, 2.24) is 9.97 Å². The normalized spacial score (nSPS) is 10.7. The Bertz CT molecular complexity index is 1800. The number of pyridine rings is 3. The molecular formula is C40H33F9N3Sr-. The summed E-state index contributed by atoms with van der Waals surface area (Å²) in [6.07, 6.45) is -7.95. The van der Waals surface area contributed by atoms with E-state index >= 15 is 0 Å². The van der Waals surface area contributed by atoms with E-state index in [1.807, 2.05) is 49.9 Å². The van der Waals surface area contributed by atoms with E-state index in [9.17, 15) is 39.5 Å². The monoisotopic (exact) mass is 814 g/mol. The molecule has 13 heteroatoms. The Balaban J connectivity index is 0.000000381. The maximum absolute atomic E-state index is 12.4. The molecule has 0 fully saturated rings. The van der Waals surface area contributed by atoms with E-state index < -0.39 is 35.2 Å². The number of alkyl halides is 9. The number of aromatic nitrogens is 3. The minimum atomic E-state index is -4.32. The molecule has 0 radical (unpaired) electrons. The minimum Gasteiger partial charge on any atom is -0.358 e. The summed E-state index contributed by atoms with van der Waals surface area (Å²) < 4.78 is 113. The fourth-order valence-corrected chi connectivity index (χ4v) is 4.13. The standard InChI is InChI=1S/C13H10F3N.2C12H7F3N.C2H6.CH3.Sr/c1-17-9-3-2-4-12(17)10-5-7-11(8-6-10)13(14,15)16;2*13-12(14,15)10-6-4-9(5-7-10)11-3-1-2-8-16-11;1-2;;/h2-5,7-9H,1H3;2*1-4,6-8H;1-2H3;1H3;/q;2*-1;;-1;+2. The van der Waals surface area contributed by atoms with Crippen LogP contribution < -0.4 is 4.57 Å². The summed E-state index contributed by atoms with van der Waals surface area (Å²) in [5.41, 5.74) is 1.69. The zero-order chi connectivity index (χ0) is 37.7. The van der Waals surface area contributed by atoms with E-state index in [2.05, 4.69) is 28.2 Å². The molecule has 0 bridgehead atoms. The van der Waals surface area contributed by atoms with Crippen LogP contribution in [0.5, 0.6) is 0 Å². The number of halogens is 9. The van der Waals surface area contributed by atoms with Crippen LogP contribution in [0.25, 0.3) is 33.8 Å². The molecule has 0 saturated heterocycles. The summed E-state index contributed by atoms with van der Waals surface area (Å²) in [6.45, 7) is 4.00. The maximum Gasteiger partial charge on any atom is 2.00 e. The number of benzene rings is 3. The molecule has 0 N–H and O–H groups in total. The van der Waals surface area contributed by atoms with E-state index in [4.69, 9.17) is 0 Å². The van der Waals surface area contributed by atoms with Gasteiger partial charge in [-0.2, -0.15) is 39.5 Å². The molecule has 274 valence electrons. The van der Waals surface area contributed by atoms with Crippen molar-refractivity contribution in [2.24, 2.45) is 7.05 Å². The van der Waals surface area contributed by atoms with Crippen molar-refractivity contribution in [2.75, 3.05) is 0 Å². The van der Waals surface area contributed by atoms with Crippen LogP contribution in [-0.4, -0.2) is 55.4 Å². The average molecular weight is 814 g/mol. The third-order valence-electron chi connectivity index (χ3n) is 6.63. The molecule has 3 heterocycles. The van der Waals surface area contributed by atoms with Crippen LogP contribution >= 0.6 is 0 Å². The Morgan fingerprint density at radius 2 is 0.849 bits per heavy atom. The molecule has 3 nitrogen and oxygen atoms in total. The van der Waals surface area contributed by atoms with Crippen molar-refractivity contribution in [2.45, 2.75) is 32.4 Å². The van der Waals surface area contributed by atoms with Gasteiger partial charge in [0.2, 0.25) is 0 Å². The molecule has 0 unspecified atom stereocenters. The van der Waals surface area contributed by atoms with Gasteiger partial charge in [-0.05, 0) is 46.3 Å². The molecule has 3 aromatic heterocycles. The predicted octanol–water partition coefficient (Wildman–Crippen LogP) is 11.2. The number of aryl methyl sites for hydroxylation is 1. The van der Waals surface area contributed by atoms with Crippen LogP contribution in [0.3, 0.4) is 0 Å². The first-order chi connectivity index (χ1) is 24.1. The molecule has 0 spiro atoms. The summed E-state index contributed by atoms with van der Waals surface area (Å²) >= 11 is 0. The minimum absolute atomic E-state index is 0. The van der Waals surface area contributed by atoms with Crippen LogP contribution in [0.4, 0.5) is 39.5 Å². The Morgan fingerprint density at radius 1 is 0.491 bits per heavy atom. The van der Waals surface area contributed by atoms with Gasteiger partial charge in [-0.25, -0.2) is 4.57 Å². The summed E-state index contributed by atoms with van der Waals surface area (Å²) in [6, 6.07) is 33.9. The first-order valence-electron chi connectivity index (χ1n) is 15.2. The second kappa shape index (κ2) is 21.6. The van der Waals surface area contributed by atoms with Gasteiger partial charge in [0.25, 0.3) is 0 Å². The van der Waals surface area contributed by atoms with Gasteiger partial charge in [0.15, 0.2) is 6.20 Å². The van der Waals surface area contributed by atoms with E-state index in [-0.39, 0.29) is 52.9 Å². The molecule has 53 heavy (non-hydrogen) atoms.